The second kappa shape index (κ2) is 12.8. The Morgan fingerprint density at radius 3 is 2.72 bits per heavy atom. The molecule has 2 bridgehead atoms. The maximum Gasteiger partial charge on any atom is 0.411 e. The molecule has 2 aliphatic heterocycles. The number of hydrogen-bond donors (Lipinski definition) is 2. The number of benzene rings is 1. The van der Waals surface area contributed by atoms with Gasteiger partial charge in [0.25, 0.3) is 0 Å². The normalized spacial score (nSPS) is 18.8. The van der Waals surface area contributed by atoms with E-state index < -0.39 is 18.0 Å². The van der Waals surface area contributed by atoms with Crippen molar-refractivity contribution in [1.82, 2.24) is 14.9 Å². The van der Waals surface area contributed by atoms with Crippen LogP contribution in [0.15, 0.2) is 48.7 Å². The van der Waals surface area contributed by atoms with E-state index in [9.17, 15) is 18.8 Å². The third-order valence-corrected chi connectivity index (χ3v) is 7.97. The summed E-state index contributed by atoms with van der Waals surface area (Å²) >= 11 is 5.96. The Kier molecular flexibility index (Phi) is 8.91. The number of anilines is 2. The molecule has 2 atom stereocenters. The van der Waals surface area contributed by atoms with Gasteiger partial charge < -0.3 is 19.7 Å². The van der Waals surface area contributed by atoms with E-state index in [0.29, 0.717) is 71.9 Å². The molecule has 0 spiro atoms. The van der Waals surface area contributed by atoms with E-state index in [0.717, 1.165) is 0 Å². The van der Waals surface area contributed by atoms with E-state index in [4.69, 9.17) is 26.1 Å². The van der Waals surface area contributed by atoms with Gasteiger partial charge in [-0.3, -0.25) is 19.9 Å². The number of rotatable bonds is 4. The van der Waals surface area contributed by atoms with Crippen molar-refractivity contribution in [3.05, 3.63) is 70.9 Å². The van der Waals surface area contributed by atoms with Crippen molar-refractivity contribution in [3.8, 4) is 17.0 Å². The molecule has 0 fully saturated rings. The van der Waals surface area contributed by atoms with Gasteiger partial charge in [0.15, 0.2) is 5.82 Å². The predicted octanol–water partition coefficient (Wildman–Crippen LogP) is 6.24. The molecule has 0 saturated carbocycles. The molecule has 224 valence electrons. The Hall–Kier alpha value is -4.51. The molecule has 2 N–H and O–H groups in total. The number of nitrogens with zero attached hydrogens (tertiary/aromatic N) is 3. The van der Waals surface area contributed by atoms with Gasteiger partial charge in [-0.2, -0.15) is 0 Å². The highest BCUT2D eigenvalue weighted by molar-refractivity contribution is 6.30. The zero-order valence-electron chi connectivity index (χ0n) is 23.9. The number of amides is 3. The number of halogens is 2. The maximum absolute atomic E-state index is 14.7. The molecule has 3 amide bonds. The summed E-state index contributed by atoms with van der Waals surface area (Å²) in [7, 11) is 2.78. The average molecular weight is 608 g/mol. The van der Waals surface area contributed by atoms with E-state index in [1.54, 1.807) is 29.2 Å². The first-order valence-electron chi connectivity index (χ1n) is 13.9. The minimum Gasteiger partial charge on any atom is -0.481 e. The standard InChI is InChI=1S/C31H31ClFN5O5/c1-17-5-4-6-25(38-12-10-18(15-27(38)39)29-28(33)22(32)9-11-34-29)24-13-19(14-26(36-24)42-2)21-8-7-20(35-31(41)43-3)16-23(21)37-30(17)40/h7-9,11,13-17,25H,4-6,10,12H2,1-3H3,(H,35,41)(H,37,40)/t17-,25+/m1/s1. The molecule has 0 saturated heterocycles. The molecule has 3 aromatic rings. The molecule has 2 aromatic heterocycles. The van der Waals surface area contributed by atoms with Crippen molar-refractivity contribution < 1.29 is 28.2 Å². The van der Waals surface area contributed by atoms with Crippen molar-refractivity contribution in [2.75, 3.05) is 31.4 Å². The molecule has 1 aromatic carbocycles. The van der Waals surface area contributed by atoms with Gasteiger partial charge in [0.2, 0.25) is 17.7 Å². The molecule has 0 unspecified atom stereocenters. The number of hydrogen-bond acceptors (Lipinski definition) is 7. The van der Waals surface area contributed by atoms with Gasteiger partial charge in [0.1, 0.15) is 5.69 Å². The zero-order chi connectivity index (χ0) is 30.7. The molecule has 2 aliphatic rings. The van der Waals surface area contributed by atoms with E-state index in [1.165, 1.54) is 32.6 Å². The SMILES string of the molecule is COC(=O)Nc1ccc2c(c1)NC(=O)[C@H](C)CCC[C@H](N1CCC(c3nccc(Cl)c3F)=CC1=O)c1cc-2cc(OC)n1. The number of ether oxygens (including phenoxy) is 2. The monoisotopic (exact) mass is 607 g/mol. The lowest BCUT2D eigenvalue weighted by molar-refractivity contribution is -0.129. The molecule has 5 rings (SSSR count). The molecule has 0 radical (unpaired) electrons. The number of fused-ring (bicyclic) bond motifs is 4. The van der Waals surface area contributed by atoms with Crippen LogP contribution in [0.3, 0.4) is 0 Å². The van der Waals surface area contributed by atoms with Crippen LogP contribution in [-0.2, 0) is 14.3 Å². The fraction of sp³-hybridized carbons (Fsp3) is 0.323. The Bertz CT molecular complexity index is 1610. The van der Waals surface area contributed by atoms with Crippen molar-refractivity contribution >= 4 is 46.5 Å². The highest BCUT2D eigenvalue weighted by atomic mass is 35.5. The first kappa shape index (κ1) is 30.0. The summed E-state index contributed by atoms with van der Waals surface area (Å²) in [5.41, 5.74) is 3.46. The van der Waals surface area contributed by atoms with Gasteiger partial charge in [-0.15, -0.1) is 0 Å². The first-order chi connectivity index (χ1) is 20.7. The molecular weight excluding hydrogens is 577 g/mol. The Morgan fingerprint density at radius 2 is 1.98 bits per heavy atom. The Balaban J connectivity index is 1.57. The number of aromatic nitrogens is 2. The fourth-order valence-corrected chi connectivity index (χ4v) is 5.51. The van der Waals surface area contributed by atoms with Crippen LogP contribution in [0.25, 0.3) is 16.7 Å². The van der Waals surface area contributed by atoms with Gasteiger partial charge in [-0.25, -0.2) is 14.2 Å². The van der Waals surface area contributed by atoms with Crippen LogP contribution in [0, 0.1) is 11.7 Å². The molecule has 10 nitrogen and oxygen atoms in total. The lowest BCUT2D eigenvalue weighted by Gasteiger charge is -2.34. The summed E-state index contributed by atoms with van der Waals surface area (Å²) in [5.74, 6) is -1.12. The van der Waals surface area contributed by atoms with Crippen LogP contribution in [-0.4, -0.2) is 53.5 Å². The van der Waals surface area contributed by atoms with Gasteiger partial charge in [-0.1, -0.05) is 31.0 Å². The van der Waals surface area contributed by atoms with Gasteiger partial charge in [0.05, 0.1) is 36.7 Å². The quantitative estimate of drug-likeness (QED) is 0.360. The summed E-state index contributed by atoms with van der Waals surface area (Å²) in [5, 5.41) is 5.58. The number of pyridine rings is 2. The molecule has 4 heterocycles. The molecule has 0 aliphatic carbocycles. The van der Waals surface area contributed by atoms with E-state index >= 15 is 0 Å². The second-order valence-electron chi connectivity index (χ2n) is 10.4. The lowest BCUT2D eigenvalue weighted by Crippen LogP contribution is -2.38. The van der Waals surface area contributed by atoms with Crippen LogP contribution in [0.2, 0.25) is 5.02 Å². The highest BCUT2D eigenvalue weighted by Crippen LogP contribution is 2.38. The van der Waals surface area contributed by atoms with Crippen LogP contribution in [0.5, 0.6) is 5.88 Å². The number of nitrogens with one attached hydrogen (secondary N) is 2. The topological polar surface area (TPSA) is 123 Å². The fourth-order valence-electron chi connectivity index (χ4n) is 5.37. The first-order valence-corrected chi connectivity index (χ1v) is 14.2. The predicted molar refractivity (Wildman–Crippen MR) is 160 cm³/mol. The number of carbonyl (C=O) groups excluding carboxylic acids is 3. The van der Waals surface area contributed by atoms with Gasteiger partial charge in [0, 0.05) is 42.1 Å². The van der Waals surface area contributed by atoms with Crippen LogP contribution in [0.4, 0.5) is 20.6 Å². The van der Waals surface area contributed by atoms with Gasteiger partial charge in [-0.05, 0) is 54.7 Å². The summed E-state index contributed by atoms with van der Waals surface area (Å²) in [4.78, 5) is 49.2. The summed E-state index contributed by atoms with van der Waals surface area (Å²) in [6.07, 6.45) is 4.30. The minimum absolute atomic E-state index is 0.0557. The van der Waals surface area contributed by atoms with Crippen molar-refractivity contribution in [3.63, 3.8) is 0 Å². The van der Waals surface area contributed by atoms with E-state index in [1.807, 2.05) is 13.0 Å². The summed E-state index contributed by atoms with van der Waals surface area (Å²) in [6, 6.07) is 9.69. The third-order valence-electron chi connectivity index (χ3n) is 7.68. The van der Waals surface area contributed by atoms with Crippen LogP contribution >= 0.6 is 11.6 Å². The molecule has 43 heavy (non-hydrogen) atoms. The van der Waals surface area contributed by atoms with Crippen molar-refractivity contribution in [1.29, 1.82) is 0 Å². The zero-order valence-corrected chi connectivity index (χ0v) is 24.7. The van der Waals surface area contributed by atoms with Crippen LogP contribution < -0.4 is 15.4 Å². The van der Waals surface area contributed by atoms with Crippen LogP contribution in [0.1, 0.15) is 50.0 Å². The number of methoxy groups -OCH3 is 2. The largest absolute Gasteiger partial charge is 0.481 e. The van der Waals surface area contributed by atoms with Crippen molar-refractivity contribution in [2.45, 2.75) is 38.6 Å². The highest BCUT2D eigenvalue weighted by Gasteiger charge is 2.31. The van der Waals surface area contributed by atoms with E-state index in [-0.39, 0.29) is 28.4 Å². The second-order valence-corrected chi connectivity index (χ2v) is 10.9. The van der Waals surface area contributed by atoms with E-state index in [2.05, 4.69) is 15.6 Å². The lowest BCUT2D eigenvalue weighted by atomic mass is 9.93. The number of carbonyl (C=O) groups is 3. The third kappa shape index (κ3) is 6.46. The summed E-state index contributed by atoms with van der Waals surface area (Å²) in [6.45, 7) is 2.16. The molecular formula is C31H31ClFN5O5. The van der Waals surface area contributed by atoms with Gasteiger partial charge >= 0.3 is 6.09 Å². The van der Waals surface area contributed by atoms with Crippen molar-refractivity contribution in [2.24, 2.45) is 5.92 Å². The summed E-state index contributed by atoms with van der Waals surface area (Å²) < 4.78 is 25.0. The Labute approximate surface area is 253 Å². The smallest absolute Gasteiger partial charge is 0.411 e. The molecule has 12 heteroatoms. The minimum atomic E-state index is -0.655. The maximum atomic E-state index is 14.7. The Morgan fingerprint density at radius 1 is 1.16 bits per heavy atom. The average Bonchev–Trinajstić information content (AvgIpc) is 3.00.